The van der Waals surface area contributed by atoms with Gasteiger partial charge in [0.25, 0.3) is 10.0 Å². The SMILES string of the molecule is N#Cc1cccc(NC(=O)C2CCCN2S(=O)(=O)c2ccc(Cl)s2)c1. The molecule has 2 heterocycles. The van der Waals surface area contributed by atoms with Crippen molar-refractivity contribution in [2.75, 3.05) is 11.9 Å². The highest BCUT2D eigenvalue weighted by Crippen LogP contribution is 2.32. The van der Waals surface area contributed by atoms with Gasteiger partial charge < -0.3 is 5.32 Å². The number of anilines is 1. The predicted octanol–water partition coefficient (Wildman–Crippen LogP) is 3.06. The molecule has 1 aliphatic heterocycles. The second-order valence-corrected chi connectivity index (χ2v) is 9.35. The summed E-state index contributed by atoms with van der Waals surface area (Å²) in [6.45, 7) is 0.286. The topological polar surface area (TPSA) is 90.3 Å². The number of nitrogens with zero attached hydrogens (tertiary/aromatic N) is 2. The standard InChI is InChI=1S/C16H14ClN3O3S2/c17-14-6-7-15(24-14)25(22,23)20-8-2-5-13(20)16(21)19-12-4-1-3-11(9-12)10-18/h1,3-4,6-7,9,13H,2,5,8H2,(H,19,21). The van der Waals surface area contributed by atoms with Crippen LogP contribution in [0.15, 0.2) is 40.6 Å². The first-order valence-corrected chi connectivity index (χ1v) is 10.1. The van der Waals surface area contributed by atoms with Gasteiger partial charge in [-0.05, 0) is 43.2 Å². The van der Waals surface area contributed by atoms with E-state index < -0.39 is 22.0 Å². The highest BCUT2D eigenvalue weighted by molar-refractivity contribution is 7.91. The van der Waals surface area contributed by atoms with E-state index in [1.807, 2.05) is 6.07 Å². The first-order valence-electron chi connectivity index (χ1n) is 7.50. The second-order valence-electron chi connectivity index (χ2n) is 5.51. The van der Waals surface area contributed by atoms with Crippen molar-refractivity contribution in [2.45, 2.75) is 23.1 Å². The number of carbonyl (C=O) groups is 1. The Morgan fingerprint density at radius 3 is 2.84 bits per heavy atom. The highest BCUT2D eigenvalue weighted by Gasteiger charge is 2.40. The van der Waals surface area contributed by atoms with Crippen LogP contribution >= 0.6 is 22.9 Å². The molecule has 130 valence electrons. The molecule has 1 aromatic heterocycles. The number of hydrogen-bond acceptors (Lipinski definition) is 5. The second kappa shape index (κ2) is 7.14. The molecule has 0 bridgehead atoms. The molecule has 6 nitrogen and oxygen atoms in total. The number of sulfonamides is 1. The van der Waals surface area contributed by atoms with Crippen molar-refractivity contribution < 1.29 is 13.2 Å². The third kappa shape index (κ3) is 3.70. The predicted molar refractivity (Wildman–Crippen MR) is 96.0 cm³/mol. The van der Waals surface area contributed by atoms with Crippen LogP contribution in [0.25, 0.3) is 0 Å². The third-order valence-electron chi connectivity index (χ3n) is 3.88. The molecule has 9 heteroatoms. The minimum absolute atomic E-state index is 0.128. The van der Waals surface area contributed by atoms with Crippen molar-refractivity contribution >= 4 is 44.6 Å². The third-order valence-corrected chi connectivity index (χ3v) is 7.48. The lowest BCUT2D eigenvalue weighted by atomic mass is 10.2. The molecule has 1 saturated heterocycles. The molecule has 1 aliphatic rings. The lowest BCUT2D eigenvalue weighted by Crippen LogP contribution is -2.42. The number of rotatable bonds is 4. The molecule has 1 aromatic carbocycles. The molecule has 1 amide bonds. The van der Waals surface area contributed by atoms with Crippen LogP contribution in [0, 0.1) is 11.3 Å². The van der Waals surface area contributed by atoms with E-state index in [1.54, 1.807) is 24.3 Å². The van der Waals surface area contributed by atoms with Crippen molar-refractivity contribution in [1.29, 1.82) is 5.26 Å². The Labute approximate surface area is 154 Å². The maximum Gasteiger partial charge on any atom is 0.253 e. The van der Waals surface area contributed by atoms with Gasteiger partial charge in [0.2, 0.25) is 5.91 Å². The quantitative estimate of drug-likeness (QED) is 0.861. The molecule has 0 radical (unpaired) electrons. The fraction of sp³-hybridized carbons (Fsp3) is 0.250. The van der Waals surface area contributed by atoms with Crippen molar-refractivity contribution in [2.24, 2.45) is 0 Å². The van der Waals surface area contributed by atoms with E-state index in [-0.39, 0.29) is 10.8 Å². The lowest BCUT2D eigenvalue weighted by molar-refractivity contribution is -0.119. The molecule has 25 heavy (non-hydrogen) atoms. The minimum Gasteiger partial charge on any atom is -0.325 e. The number of nitrogens with one attached hydrogen (secondary N) is 1. The van der Waals surface area contributed by atoms with E-state index in [0.29, 0.717) is 28.4 Å². The van der Waals surface area contributed by atoms with Gasteiger partial charge in [-0.25, -0.2) is 8.42 Å². The monoisotopic (exact) mass is 395 g/mol. The van der Waals surface area contributed by atoms with Gasteiger partial charge in [0.05, 0.1) is 16.0 Å². The van der Waals surface area contributed by atoms with Gasteiger partial charge in [-0.3, -0.25) is 4.79 Å². The maximum atomic E-state index is 12.8. The Bertz CT molecular complexity index is 950. The molecule has 3 rings (SSSR count). The number of nitriles is 1. The largest absolute Gasteiger partial charge is 0.325 e. The summed E-state index contributed by atoms with van der Waals surface area (Å²) in [4.78, 5) is 12.6. The number of benzene rings is 1. The average Bonchev–Trinajstić information content (AvgIpc) is 3.24. The van der Waals surface area contributed by atoms with Crippen LogP contribution in [0.3, 0.4) is 0 Å². The first kappa shape index (κ1) is 17.9. The van der Waals surface area contributed by atoms with E-state index in [0.717, 1.165) is 11.3 Å². The number of amides is 1. The molecule has 1 atom stereocenters. The van der Waals surface area contributed by atoms with Crippen molar-refractivity contribution in [3.63, 3.8) is 0 Å². The van der Waals surface area contributed by atoms with Gasteiger partial charge >= 0.3 is 0 Å². The number of hydrogen-bond donors (Lipinski definition) is 1. The van der Waals surface area contributed by atoms with Gasteiger partial charge in [-0.15, -0.1) is 11.3 Å². The first-order chi connectivity index (χ1) is 11.9. The normalized spacial score (nSPS) is 18.0. The summed E-state index contributed by atoms with van der Waals surface area (Å²) < 4.78 is 27.3. The Morgan fingerprint density at radius 2 is 2.16 bits per heavy atom. The number of thiophene rings is 1. The Morgan fingerprint density at radius 1 is 1.36 bits per heavy atom. The van der Waals surface area contributed by atoms with Gasteiger partial charge in [-0.1, -0.05) is 17.7 Å². The lowest BCUT2D eigenvalue weighted by Gasteiger charge is -2.22. The Balaban J connectivity index is 1.81. The Kier molecular flexibility index (Phi) is 5.11. The molecule has 1 fully saturated rings. The van der Waals surface area contributed by atoms with Crippen LogP contribution in [0.2, 0.25) is 4.34 Å². The number of carbonyl (C=O) groups excluding carboxylic acids is 1. The molecular formula is C16H14ClN3O3S2. The summed E-state index contributed by atoms with van der Waals surface area (Å²) in [5, 5.41) is 11.6. The Hall–Kier alpha value is -1.92. The van der Waals surface area contributed by atoms with Crippen LogP contribution in [-0.2, 0) is 14.8 Å². The van der Waals surface area contributed by atoms with Gasteiger partial charge in [0.1, 0.15) is 10.3 Å². The van der Waals surface area contributed by atoms with Crippen molar-refractivity contribution in [1.82, 2.24) is 4.31 Å². The summed E-state index contributed by atoms with van der Waals surface area (Å²) in [6.07, 6.45) is 1.05. The zero-order chi connectivity index (χ0) is 18.0. The van der Waals surface area contributed by atoms with E-state index in [9.17, 15) is 13.2 Å². The molecule has 0 saturated carbocycles. The van der Waals surface area contributed by atoms with E-state index in [2.05, 4.69) is 5.32 Å². The maximum absolute atomic E-state index is 12.8. The van der Waals surface area contributed by atoms with Crippen LogP contribution in [0.4, 0.5) is 5.69 Å². The fourth-order valence-electron chi connectivity index (χ4n) is 2.73. The minimum atomic E-state index is -3.76. The van der Waals surface area contributed by atoms with Crippen LogP contribution in [0.1, 0.15) is 18.4 Å². The molecule has 1 N–H and O–H groups in total. The van der Waals surface area contributed by atoms with Crippen molar-refractivity contribution in [3.8, 4) is 6.07 Å². The van der Waals surface area contributed by atoms with Crippen LogP contribution in [-0.4, -0.2) is 31.2 Å². The molecule has 0 aliphatic carbocycles. The summed E-state index contributed by atoms with van der Waals surface area (Å²) in [6, 6.07) is 10.7. The summed E-state index contributed by atoms with van der Waals surface area (Å²) in [7, 11) is -3.76. The van der Waals surface area contributed by atoms with Gasteiger partial charge in [0, 0.05) is 12.2 Å². The zero-order valence-electron chi connectivity index (χ0n) is 13.0. The smallest absolute Gasteiger partial charge is 0.253 e. The summed E-state index contributed by atoms with van der Waals surface area (Å²) in [5.74, 6) is -0.404. The van der Waals surface area contributed by atoms with E-state index >= 15 is 0 Å². The van der Waals surface area contributed by atoms with Crippen LogP contribution in [0.5, 0.6) is 0 Å². The van der Waals surface area contributed by atoms with Gasteiger partial charge in [0.15, 0.2) is 0 Å². The molecule has 2 aromatic rings. The molecular weight excluding hydrogens is 382 g/mol. The van der Waals surface area contributed by atoms with Gasteiger partial charge in [-0.2, -0.15) is 9.57 Å². The van der Waals surface area contributed by atoms with E-state index in [1.165, 1.54) is 16.4 Å². The number of halogens is 1. The summed E-state index contributed by atoms with van der Waals surface area (Å²) >= 11 is 6.81. The van der Waals surface area contributed by atoms with Crippen LogP contribution < -0.4 is 5.32 Å². The van der Waals surface area contributed by atoms with E-state index in [4.69, 9.17) is 16.9 Å². The molecule has 1 unspecified atom stereocenters. The zero-order valence-corrected chi connectivity index (χ0v) is 15.4. The molecule has 0 spiro atoms. The summed E-state index contributed by atoms with van der Waals surface area (Å²) in [5.41, 5.74) is 0.884. The average molecular weight is 396 g/mol. The van der Waals surface area contributed by atoms with Crippen molar-refractivity contribution in [3.05, 3.63) is 46.3 Å². The highest BCUT2D eigenvalue weighted by atomic mass is 35.5. The fourth-order valence-corrected chi connectivity index (χ4v) is 6.00.